The van der Waals surface area contributed by atoms with Crippen molar-refractivity contribution >= 4 is 11.8 Å². The molecule has 0 aromatic carbocycles. The Morgan fingerprint density at radius 2 is 1.25 bits per heavy atom. The van der Waals surface area contributed by atoms with Gasteiger partial charge in [-0.05, 0) is 0 Å². The Morgan fingerprint density at radius 3 is 1.75 bits per heavy atom. The van der Waals surface area contributed by atoms with Crippen molar-refractivity contribution in [3.05, 3.63) is 0 Å². The Hall–Kier alpha value is -1.06. The van der Waals surface area contributed by atoms with Gasteiger partial charge in [0.2, 0.25) is 0 Å². The average Bonchev–Trinajstić information content (AvgIpc) is 2.76. The van der Waals surface area contributed by atoms with E-state index < -0.39 is 0 Å². The Kier molecular flexibility index (Phi) is 9.09. The lowest BCUT2D eigenvalue weighted by Gasteiger charge is -2.13. The predicted molar refractivity (Wildman–Crippen MR) is 66.6 cm³/mol. The van der Waals surface area contributed by atoms with Crippen LogP contribution in [-0.4, -0.2) is 74.8 Å². The summed E-state index contributed by atoms with van der Waals surface area (Å²) < 4.78 is 15.4. The van der Waals surface area contributed by atoms with Gasteiger partial charge < -0.3 is 19.3 Å². The number of carbonyl (C=O) groups is 2. The van der Waals surface area contributed by atoms with Gasteiger partial charge in [0, 0.05) is 12.8 Å². The third-order valence-electron chi connectivity index (χ3n) is 2.43. The molecule has 20 heavy (non-hydrogen) atoms. The van der Waals surface area contributed by atoms with Crippen LogP contribution in [0.3, 0.4) is 0 Å². The Labute approximate surface area is 117 Å². The topological polar surface area (TPSA) is 94.5 Å². The molecule has 1 fully saturated rings. The smallest absolute Gasteiger partial charge is 0.253 e. The summed E-state index contributed by atoms with van der Waals surface area (Å²) in [4.78, 5) is 27.4. The van der Waals surface area contributed by atoms with Gasteiger partial charge in [-0.2, -0.15) is 5.06 Å². The van der Waals surface area contributed by atoms with Crippen LogP contribution in [0.2, 0.25) is 0 Å². The molecule has 1 saturated heterocycles. The molecule has 0 spiro atoms. The van der Waals surface area contributed by atoms with Gasteiger partial charge in [0.1, 0.15) is 0 Å². The van der Waals surface area contributed by atoms with E-state index in [0.717, 1.165) is 5.06 Å². The molecule has 1 heterocycles. The molecule has 0 aromatic rings. The third-order valence-corrected chi connectivity index (χ3v) is 2.43. The zero-order valence-corrected chi connectivity index (χ0v) is 11.4. The highest BCUT2D eigenvalue weighted by Crippen LogP contribution is 2.11. The number of carbonyl (C=O) groups excluding carboxylic acids is 2. The highest BCUT2D eigenvalue weighted by atomic mass is 16.7. The third kappa shape index (κ3) is 6.92. The van der Waals surface area contributed by atoms with Crippen molar-refractivity contribution in [2.24, 2.45) is 0 Å². The van der Waals surface area contributed by atoms with E-state index in [4.69, 9.17) is 24.2 Å². The molecule has 0 unspecified atom stereocenters. The molecule has 1 N–H and O–H groups in total. The highest BCUT2D eigenvalue weighted by Gasteiger charge is 2.29. The molecular formula is C12H21NO7. The number of nitrogens with zero attached hydrogens (tertiary/aromatic N) is 1. The molecule has 0 radical (unpaired) electrons. The zero-order valence-electron chi connectivity index (χ0n) is 11.4. The van der Waals surface area contributed by atoms with Crippen molar-refractivity contribution in [3.63, 3.8) is 0 Å². The van der Waals surface area contributed by atoms with Crippen LogP contribution in [0.15, 0.2) is 0 Å². The largest absolute Gasteiger partial charge is 0.394 e. The fourth-order valence-corrected chi connectivity index (χ4v) is 1.49. The summed E-state index contributed by atoms with van der Waals surface area (Å²) in [6.45, 7) is 2.43. The van der Waals surface area contributed by atoms with Crippen molar-refractivity contribution in [3.8, 4) is 0 Å². The van der Waals surface area contributed by atoms with Crippen molar-refractivity contribution in [2.45, 2.75) is 12.8 Å². The van der Waals surface area contributed by atoms with Gasteiger partial charge in [0.05, 0.1) is 52.9 Å². The quantitative estimate of drug-likeness (QED) is 0.368. The number of amides is 2. The SMILES string of the molecule is O=C1CCC(=O)N1OCCOCCOCCOCCO. The fraction of sp³-hybridized carbons (Fsp3) is 0.833. The van der Waals surface area contributed by atoms with Crippen LogP contribution in [0, 0.1) is 0 Å². The summed E-state index contributed by atoms with van der Waals surface area (Å²) in [5.41, 5.74) is 0. The first kappa shape index (κ1) is 17.0. The number of rotatable bonds is 12. The fourth-order valence-electron chi connectivity index (χ4n) is 1.49. The van der Waals surface area contributed by atoms with Crippen LogP contribution >= 0.6 is 0 Å². The summed E-state index contributed by atoms with van der Waals surface area (Å²) in [7, 11) is 0. The minimum absolute atomic E-state index is 0.00509. The Bertz CT molecular complexity index is 282. The second-order valence-electron chi connectivity index (χ2n) is 3.98. The van der Waals surface area contributed by atoms with E-state index in [-0.39, 0.29) is 44.5 Å². The number of hydroxylamine groups is 2. The van der Waals surface area contributed by atoms with Crippen LogP contribution in [0.1, 0.15) is 12.8 Å². The van der Waals surface area contributed by atoms with Gasteiger partial charge in [-0.1, -0.05) is 0 Å². The van der Waals surface area contributed by atoms with Gasteiger partial charge >= 0.3 is 0 Å². The van der Waals surface area contributed by atoms with E-state index >= 15 is 0 Å². The Morgan fingerprint density at radius 1 is 0.800 bits per heavy atom. The number of aliphatic hydroxyl groups is 1. The first-order valence-corrected chi connectivity index (χ1v) is 6.58. The maximum atomic E-state index is 11.2. The van der Waals surface area contributed by atoms with Gasteiger partial charge in [-0.3, -0.25) is 14.4 Å². The molecule has 8 heteroatoms. The average molecular weight is 291 g/mol. The van der Waals surface area contributed by atoms with E-state index in [1.54, 1.807) is 0 Å². The summed E-state index contributed by atoms with van der Waals surface area (Å²) in [5, 5.41) is 9.26. The van der Waals surface area contributed by atoms with Crippen molar-refractivity contribution < 1.29 is 33.7 Å². The molecule has 8 nitrogen and oxygen atoms in total. The van der Waals surface area contributed by atoms with Crippen molar-refractivity contribution in [1.29, 1.82) is 0 Å². The second-order valence-corrected chi connectivity index (χ2v) is 3.98. The summed E-state index contributed by atoms with van der Waals surface area (Å²) in [6, 6.07) is 0. The first-order chi connectivity index (χ1) is 9.75. The highest BCUT2D eigenvalue weighted by molar-refractivity contribution is 6.00. The number of imide groups is 1. The number of hydrogen-bond donors (Lipinski definition) is 1. The minimum Gasteiger partial charge on any atom is -0.394 e. The van der Waals surface area contributed by atoms with Crippen LogP contribution in [0.4, 0.5) is 0 Å². The molecule has 2 amide bonds. The van der Waals surface area contributed by atoms with E-state index in [0.29, 0.717) is 33.0 Å². The summed E-state index contributed by atoms with van der Waals surface area (Å²) >= 11 is 0. The van der Waals surface area contributed by atoms with Gasteiger partial charge in [0.15, 0.2) is 0 Å². The van der Waals surface area contributed by atoms with E-state index in [1.165, 1.54) is 0 Å². The summed E-state index contributed by atoms with van der Waals surface area (Å²) in [5.74, 6) is -0.609. The molecule has 1 aliphatic heterocycles. The molecule has 0 atom stereocenters. The van der Waals surface area contributed by atoms with Crippen LogP contribution < -0.4 is 0 Å². The normalized spacial score (nSPS) is 15.3. The lowest BCUT2D eigenvalue weighted by atomic mass is 10.4. The predicted octanol–water partition coefficient (Wildman–Crippen LogP) is -0.891. The van der Waals surface area contributed by atoms with Crippen LogP contribution in [0.25, 0.3) is 0 Å². The second kappa shape index (κ2) is 10.7. The van der Waals surface area contributed by atoms with E-state index in [2.05, 4.69) is 0 Å². The van der Waals surface area contributed by atoms with Crippen LogP contribution in [0.5, 0.6) is 0 Å². The zero-order chi connectivity index (χ0) is 14.6. The number of ether oxygens (including phenoxy) is 3. The monoisotopic (exact) mass is 291 g/mol. The lowest BCUT2D eigenvalue weighted by Crippen LogP contribution is -2.30. The molecule has 0 aromatic heterocycles. The van der Waals surface area contributed by atoms with Crippen LogP contribution in [-0.2, 0) is 28.6 Å². The maximum Gasteiger partial charge on any atom is 0.253 e. The van der Waals surface area contributed by atoms with Gasteiger partial charge in [-0.25, -0.2) is 0 Å². The van der Waals surface area contributed by atoms with Crippen molar-refractivity contribution in [2.75, 3.05) is 52.9 Å². The molecule has 0 aliphatic carbocycles. The molecular weight excluding hydrogens is 270 g/mol. The van der Waals surface area contributed by atoms with Gasteiger partial charge in [0.25, 0.3) is 11.8 Å². The molecule has 116 valence electrons. The minimum atomic E-state index is -0.304. The summed E-state index contributed by atoms with van der Waals surface area (Å²) in [6.07, 6.45) is 0.428. The van der Waals surface area contributed by atoms with Gasteiger partial charge in [-0.15, -0.1) is 0 Å². The van der Waals surface area contributed by atoms with E-state index in [1.807, 2.05) is 0 Å². The number of aliphatic hydroxyl groups excluding tert-OH is 1. The molecule has 1 aliphatic rings. The van der Waals surface area contributed by atoms with Crippen molar-refractivity contribution in [1.82, 2.24) is 5.06 Å². The lowest BCUT2D eigenvalue weighted by molar-refractivity contribution is -0.191. The molecule has 1 rings (SSSR count). The number of hydrogen-bond acceptors (Lipinski definition) is 7. The molecule has 0 bridgehead atoms. The Balaban J connectivity index is 1.83. The standard InChI is InChI=1S/C12H21NO7/c14-3-4-17-5-6-18-7-8-19-9-10-20-13-11(15)1-2-12(13)16/h14H,1-10H2. The van der Waals surface area contributed by atoms with E-state index in [9.17, 15) is 9.59 Å². The first-order valence-electron chi connectivity index (χ1n) is 6.58. The maximum absolute atomic E-state index is 11.2. The molecule has 0 saturated carbocycles.